The molecule has 0 radical (unpaired) electrons. The summed E-state index contributed by atoms with van der Waals surface area (Å²) in [5, 5.41) is 5.53. The van der Waals surface area contributed by atoms with Gasteiger partial charge < -0.3 is 15.4 Å². The zero-order chi connectivity index (χ0) is 21.5. The molecule has 3 aromatic carbocycles. The lowest BCUT2D eigenvalue weighted by molar-refractivity contribution is -0.116. The maximum absolute atomic E-state index is 13.4. The normalized spacial score (nSPS) is 10.4. The number of benzene rings is 3. The highest BCUT2D eigenvalue weighted by Gasteiger charge is 2.12. The van der Waals surface area contributed by atoms with Crippen LogP contribution in [0.1, 0.15) is 27.9 Å². The summed E-state index contributed by atoms with van der Waals surface area (Å²) in [6, 6.07) is 18.4. The lowest BCUT2D eigenvalue weighted by atomic mass is 10.1. The Kier molecular flexibility index (Phi) is 6.80. The summed E-state index contributed by atoms with van der Waals surface area (Å²) in [5.74, 6) is -0.680. The molecule has 0 spiro atoms. The Balaban J connectivity index is 1.66. The van der Waals surface area contributed by atoms with Gasteiger partial charge in [0.15, 0.2) is 0 Å². The molecule has 6 heteroatoms. The third kappa shape index (κ3) is 5.67. The van der Waals surface area contributed by atoms with Crippen LogP contribution in [0, 0.1) is 12.7 Å². The summed E-state index contributed by atoms with van der Waals surface area (Å²) in [4.78, 5) is 24.8. The largest absolute Gasteiger partial charge is 0.495 e. The lowest BCUT2D eigenvalue weighted by Crippen LogP contribution is -2.15. The van der Waals surface area contributed by atoms with E-state index in [9.17, 15) is 14.0 Å². The quantitative estimate of drug-likeness (QED) is 0.582. The van der Waals surface area contributed by atoms with Gasteiger partial charge in [0.25, 0.3) is 5.91 Å². The predicted octanol–water partition coefficient (Wildman–Crippen LogP) is 4.97. The summed E-state index contributed by atoms with van der Waals surface area (Å²) in [5.41, 5.74) is 3.36. The average molecular weight is 406 g/mol. The number of carbonyl (C=O) groups is 2. The van der Waals surface area contributed by atoms with Crippen molar-refractivity contribution in [2.45, 2.75) is 19.8 Å². The zero-order valence-electron chi connectivity index (χ0n) is 16.9. The maximum atomic E-state index is 13.4. The second-order valence-corrected chi connectivity index (χ2v) is 6.91. The minimum Gasteiger partial charge on any atom is -0.495 e. The number of aryl methyl sites for hydroxylation is 2. The third-order valence-electron chi connectivity index (χ3n) is 4.58. The molecule has 3 aromatic rings. The van der Waals surface area contributed by atoms with Crippen LogP contribution in [-0.4, -0.2) is 18.9 Å². The van der Waals surface area contributed by atoms with Crippen molar-refractivity contribution in [2.75, 3.05) is 17.7 Å². The van der Waals surface area contributed by atoms with Crippen molar-refractivity contribution in [3.05, 3.63) is 89.2 Å². The van der Waals surface area contributed by atoms with Gasteiger partial charge >= 0.3 is 0 Å². The van der Waals surface area contributed by atoms with E-state index in [0.717, 1.165) is 11.6 Å². The molecule has 3 rings (SSSR count). The first-order valence-corrected chi connectivity index (χ1v) is 9.55. The molecule has 2 amide bonds. The van der Waals surface area contributed by atoms with E-state index in [-0.39, 0.29) is 11.5 Å². The van der Waals surface area contributed by atoms with Crippen LogP contribution in [0.5, 0.6) is 5.75 Å². The van der Waals surface area contributed by atoms with E-state index in [4.69, 9.17) is 4.74 Å². The summed E-state index contributed by atoms with van der Waals surface area (Å²) >= 11 is 0. The highest BCUT2D eigenvalue weighted by atomic mass is 19.1. The highest BCUT2D eigenvalue weighted by Crippen LogP contribution is 2.28. The van der Waals surface area contributed by atoms with Gasteiger partial charge in [-0.15, -0.1) is 0 Å². The van der Waals surface area contributed by atoms with Crippen LogP contribution in [0.3, 0.4) is 0 Å². The van der Waals surface area contributed by atoms with E-state index in [1.807, 2.05) is 31.2 Å². The molecule has 0 atom stereocenters. The Hall–Kier alpha value is -3.67. The van der Waals surface area contributed by atoms with Crippen LogP contribution < -0.4 is 15.4 Å². The van der Waals surface area contributed by atoms with Gasteiger partial charge in [-0.05, 0) is 55.3 Å². The first-order chi connectivity index (χ1) is 14.4. The van der Waals surface area contributed by atoms with Gasteiger partial charge in [-0.3, -0.25) is 9.59 Å². The zero-order valence-corrected chi connectivity index (χ0v) is 16.9. The van der Waals surface area contributed by atoms with Crippen molar-refractivity contribution in [2.24, 2.45) is 0 Å². The molecule has 154 valence electrons. The number of ether oxygens (including phenoxy) is 1. The van der Waals surface area contributed by atoms with E-state index in [2.05, 4.69) is 10.6 Å². The average Bonchev–Trinajstić information content (AvgIpc) is 2.73. The number of anilines is 2. The SMILES string of the molecule is COc1ccc(NC(=O)CCc2ccc(C)cc2)cc1NC(=O)c1cccc(F)c1. The number of hydrogen-bond donors (Lipinski definition) is 2. The van der Waals surface area contributed by atoms with Crippen LogP contribution in [0.2, 0.25) is 0 Å². The van der Waals surface area contributed by atoms with Gasteiger partial charge in [0.2, 0.25) is 5.91 Å². The molecule has 0 bridgehead atoms. The Morgan fingerprint density at radius 3 is 2.43 bits per heavy atom. The molecule has 0 fully saturated rings. The molecule has 0 aliphatic rings. The van der Waals surface area contributed by atoms with E-state index < -0.39 is 11.7 Å². The summed E-state index contributed by atoms with van der Waals surface area (Å²) in [6.45, 7) is 2.02. The summed E-state index contributed by atoms with van der Waals surface area (Å²) < 4.78 is 18.7. The third-order valence-corrected chi connectivity index (χ3v) is 4.58. The minimum atomic E-state index is -0.496. The van der Waals surface area contributed by atoms with E-state index in [1.54, 1.807) is 18.2 Å². The summed E-state index contributed by atoms with van der Waals surface area (Å²) in [6.07, 6.45) is 0.964. The number of hydrogen-bond acceptors (Lipinski definition) is 3. The van der Waals surface area contributed by atoms with Gasteiger partial charge in [0, 0.05) is 17.7 Å². The molecular formula is C24H23FN2O3. The Bertz CT molecular complexity index is 1050. The Morgan fingerprint density at radius 2 is 1.73 bits per heavy atom. The van der Waals surface area contributed by atoms with Crippen molar-refractivity contribution in [3.8, 4) is 5.75 Å². The first-order valence-electron chi connectivity index (χ1n) is 9.55. The Labute approximate surface area is 174 Å². The lowest BCUT2D eigenvalue weighted by Gasteiger charge is -2.13. The van der Waals surface area contributed by atoms with Crippen LogP contribution in [0.4, 0.5) is 15.8 Å². The van der Waals surface area contributed by atoms with E-state index in [1.165, 1.54) is 30.9 Å². The standard InChI is InChI=1S/C24H23FN2O3/c1-16-6-8-17(9-7-16)10-13-23(28)26-20-11-12-22(30-2)21(15-20)27-24(29)18-4-3-5-19(25)14-18/h3-9,11-12,14-15H,10,13H2,1-2H3,(H,26,28)(H,27,29). The maximum Gasteiger partial charge on any atom is 0.255 e. The van der Waals surface area contributed by atoms with Crippen LogP contribution in [0.25, 0.3) is 0 Å². The van der Waals surface area contributed by atoms with E-state index in [0.29, 0.717) is 30.0 Å². The fourth-order valence-corrected chi connectivity index (χ4v) is 2.94. The fourth-order valence-electron chi connectivity index (χ4n) is 2.94. The fraction of sp³-hybridized carbons (Fsp3) is 0.167. The first kappa shape index (κ1) is 21.0. The number of amides is 2. The molecule has 0 heterocycles. The molecule has 5 nitrogen and oxygen atoms in total. The van der Waals surface area contributed by atoms with Gasteiger partial charge in [-0.2, -0.15) is 0 Å². The topological polar surface area (TPSA) is 67.4 Å². The van der Waals surface area contributed by atoms with Crippen molar-refractivity contribution in [1.29, 1.82) is 0 Å². The van der Waals surface area contributed by atoms with Gasteiger partial charge in [-0.1, -0.05) is 35.9 Å². The highest BCUT2D eigenvalue weighted by molar-refractivity contribution is 6.05. The molecule has 0 unspecified atom stereocenters. The molecule has 30 heavy (non-hydrogen) atoms. The van der Waals surface area contributed by atoms with Crippen LogP contribution >= 0.6 is 0 Å². The number of methoxy groups -OCH3 is 1. The van der Waals surface area contributed by atoms with Crippen molar-refractivity contribution >= 4 is 23.2 Å². The van der Waals surface area contributed by atoms with Gasteiger partial charge in [-0.25, -0.2) is 4.39 Å². The van der Waals surface area contributed by atoms with Gasteiger partial charge in [0.05, 0.1) is 12.8 Å². The monoisotopic (exact) mass is 406 g/mol. The minimum absolute atomic E-state index is 0.136. The van der Waals surface area contributed by atoms with Crippen molar-refractivity contribution < 1.29 is 18.7 Å². The molecular weight excluding hydrogens is 383 g/mol. The second kappa shape index (κ2) is 9.69. The number of nitrogens with one attached hydrogen (secondary N) is 2. The summed E-state index contributed by atoms with van der Waals surface area (Å²) in [7, 11) is 1.48. The van der Waals surface area contributed by atoms with E-state index >= 15 is 0 Å². The smallest absolute Gasteiger partial charge is 0.255 e. The number of rotatable bonds is 7. The van der Waals surface area contributed by atoms with Crippen molar-refractivity contribution in [1.82, 2.24) is 0 Å². The molecule has 2 N–H and O–H groups in total. The second-order valence-electron chi connectivity index (χ2n) is 6.91. The molecule has 0 aliphatic heterocycles. The predicted molar refractivity (Wildman–Crippen MR) is 115 cm³/mol. The molecule has 0 saturated carbocycles. The Morgan fingerprint density at radius 1 is 0.967 bits per heavy atom. The van der Waals surface area contributed by atoms with Crippen LogP contribution in [0.15, 0.2) is 66.7 Å². The number of halogens is 1. The number of carbonyl (C=O) groups excluding carboxylic acids is 2. The van der Waals surface area contributed by atoms with Gasteiger partial charge in [0.1, 0.15) is 11.6 Å². The molecule has 0 aliphatic carbocycles. The van der Waals surface area contributed by atoms with Crippen LogP contribution in [-0.2, 0) is 11.2 Å². The van der Waals surface area contributed by atoms with Crippen molar-refractivity contribution in [3.63, 3.8) is 0 Å². The molecule has 0 aromatic heterocycles. The molecule has 0 saturated heterocycles.